The summed E-state index contributed by atoms with van der Waals surface area (Å²) in [5.74, 6) is 0.512. The number of halogens is 2. The second kappa shape index (κ2) is 7.26. The molecule has 0 fully saturated rings. The molecule has 5 nitrogen and oxygen atoms in total. The van der Waals surface area contributed by atoms with Gasteiger partial charge in [0.15, 0.2) is 0 Å². The molecule has 0 aliphatic carbocycles. The number of methoxy groups -OCH3 is 1. The van der Waals surface area contributed by atoms with Crippen molar-refractivity contribution < 1.29 is 23.4 Å². The fraction of sp³-hybridized carbons (Fsp3) is 0.333. The van der Waals surface area contributed by atoms with Crippen LogP contribution in [0.4, 0.5) is 9.18 Å². The van der Waals surface area contributed by atoms with Crippen LogP contribution in [0.25, 0.3) is 10.9 Å². The average molecular weight is 328 g/mol. The normalized spacial score (nSPS) is 12.0. The van der Waals surface area contributed by atoms with E-state index in [1.165, 1.54) is 31.4 Å². The molecule has 0 amide bonds. The molecule has 0 saturated heterocycles. The largest absolute Gasteiger partial charge is 0.514 e. The summed E-state index contributed by atoms with van der Waals surface area (Å²) in [7, 11) is 1.19. The lowest BCUT2D eigenvalue weighted by Crippen LogP contribution is -2.11. The van der Waals surface area contributed by atoms with Crippen LogP contribution < -0.4 is 9.47 Å². The van der Waals surface area contributed by atoms with E-state index in [2.05, 4.69) is 9.72 Å². The maximum absolute atomic E-state index is 13.4. The highest BCUT2D eigenvalue weighted by atomic mass is 35.5. The quantitative estimate of drug-likeness (QED) is 0.618. The molecule has 1 unspecified atom stereocenters. The van der Waals surface area contributed by atoms with Crippen LogP contribution in [0.3, 0.4) is 0 Å². The van der Waals surface area contributed by atoms with Gasteiger partial charge in [0.2, 0.25) is 5.88 Å². The molecule has 0 bridgehead atoms. The molecule has 1 aromatic carbocycles. The highest BCUT2D eigenvalue weighted by molar-refractivity contribution is 6.18. The number of aromatic nitrogens is 1. The second-order valence-electron chi connectivity index (χ2n) is 4.75. The fourth-order valence-corrected chi connectivity index (χ4v) is 1.81. The van der Waals surface area contributed by atoms with Crippen LogP contribution in [0, 0.1) is 11.7 Å². The number of rotatable bonds is 5. The minimum atomic E-state index is -0.894. The number of hydrogen-bond donors (Lipinski definition) is 0. The molecule has 0 N–H and O–H groups in total. The smallest absolute Gasteiger partial charge is 0.492 e. The fourth-order valence-electron chi connectivity index (χ4n) is 1.72. The Morgan fingerprint density at radius 2 is 2.18 bits per heavy atom. The molecule has 22 heavy (non-hydrogen) atoms. The van der Waals surface area contributed by atoms with Gasteiger partial charge >= 0.3 is 6.16 Å². The predicted molar refractivity (Wildman–Crippen MR) is 80.1 cm³/mol. The van der Waals surface area contributed by atoms with Crippen molar-refractivity contribution in [3.63, 3.8) is 0 Å². The van der Waals surface area contributed by atoms with E-state index in [0.717, 1.165) is 0 Å². The number of fused-ring (bicyclic) bond motifs is 1. The van der Waals surface area contributed by atoms with Crippen molar-refractivity contribution in [1.82, 2.24) is 4.98 Å². The van der Waals surface area contributed by atoms with E-state index < -0.39 is 12.0 Å². The molecule has 2 rings (SSSR count). The number of carbonyl (C=O) groups excluding carboxylic acids is 1. The van der Waals surface area contributed by atoms with Gasteiger partial charge in [0, 0.05) is 23.3 Å². The highest BCUT2D eigenvalue weighted by Gasteiger charge is 2.13. The van der Waals surface area contributed by atoms with Gasteiger partial charge in [-0.3, -0.25) is 0 Å². The van der Waals surface area contributed by atoms with Crippen molar-refractivity contribution >= 4 is 28.7 Å². The molecular formula is C15H15ClFNO4. The van der Waals surface area contributed by atoms with Crippen molar-refractivity contribution in [2.75, 3.05) is 19.6 Å². The van der Waals surface area contributed by atoms with E-state index in [4.69, 9.17) is 21.1 Å². The molecule has 2 aromatic rings. The third kappa shape index (κ3) is 3.98. The minimum absolute atomic E-state index is 0.0134. The SMILES string of the molecule is COC(=O)Oc1cc(OCC(C)CCl)c2cc(F)ccc2n1. The first kappa shape index (κ1) is 16.3. The Kier molecular flexibility index (Phi) is 5.38. The monoisotopic (exact) mass is 327 g/mol. The standard InChI is InChI=1S/C15H15ClFNO4/c1-9(7-16)8-21-13-6-14(22-15(19)20-2)18-12-4-3-10(17)5-11(12)13/h3-6,9H,7-8H2,1-2H3. The summed E-state index contributed by atoms with van der Waals surface area (Å²) in [5, 5.41) is 0.485. The molecule has 118 valence electrons. The van der Waals surface area contributed by atoms with E-state index in [1.54, 1.807) is 0 Å². The van der Waals surface area contributed by atoms with Crippen molar-refractivity contribution in [2.24, 2.45) is 5.92 Å². The van der Waals surface area contributed by atoms with Crippen LogP contribution >= 0.6 is 11.6 Å². The molecule has 1 heterocycles. The Labute approximate surface area is 131 Å². The number of nitrogens with zero attached hydrogens (tertiary/aromatic N) is 1. The van der Waals surface area contributed by atoms with Crippen LogP contribution in [0.15, 0.2) is 24.3 Å². The van der Waals surface area contributed by atoms with Crippen LogP contribution in [0.2, 0.25) is 0 Å². The lowest BCUT2D eigenvalue weighted by Gasteiger charge is -2.13. The Hall–Kier alpha value is -2.08. The molecule has 1 aromatic heterocycles. The number of pyridine rings is 1. The van der Waals surface area contributed by atoms with E-state index >= 15 is 0 Å². The third-order valence-electron chi connectivity index (χ3n) is 2.85. The first-order valence-electron chi connectivity index (χ1n) is 6.58. The molecular weight excluding hydrogens is 313 g/mol. The zero-order valence-corrected chi connectivity index (χ0v) is 12.9. The summed E-state index contributed by atoms with van der Waals surface area (Å²) < 4.78 is 28.4. The van der Waals surface area contributed by atoms with Gasteiger partial charge in [0.25, 0.3) is 0 Å². The molecule has 0 saturated carbocycles. The molecule has 0 radical (unpaired) electrons. The Morgan fingerprint density at radius 1 is 1.41 bits per heavy atom. The van der Waals surface area contributed by atoms with Crippen LogP contribution in [0.5, 0.6) is 11.6 Å². The summed E-state index contributed by atoms with van der Waals surface area (Å²) >= 11 is 5.74. The minimum Gasteiger partial charge on any atom is -0.492 e. The topological polar surface area (TPSA) is 57.7 Å². The summed E-state index contributed by atoms with van der Waals surface area (Å²) in [6.07, 6.45) is -0.894. The van der Waals surface area contributed by atoms with Gasteiger partial charge in [0.1, 0.15) is 11.6 Å². The van der Waals surface area contributed by atoms with Gasteiger partial charge in [-0.15, -0.1) is 11.6 Å². The van der Waals surface area contributed by atoms with Gasteiger partial charge in [0.05, 0.1) is 19.2 Å². The molecule has 0 aliphatic rings. The van der Waals surface area contributed by atoms with Crippen LogP contribution in [-0.2, 0) is 4.74 Å². The van der Waals surface area contributed by atoms with Gasteiger partial charge in [-0.2, -0.15) is 0 Å². The number of alkyl halides is 1. The highest BCUT2D eigenvalue weighted by Crippen LogP contribution is 2.29. The summed E-state index contributed by atoms with van der Waals surface area (Å²) in [6.45, 7) is 2.26. The van der Waals surface area contributed by atoms with E-state index in [0.29, 0.717) is 29.1 Å². The Bertz CT molecular complexity index is 680. The number of carbonyl (C=O) groups is 1. The maximum Gasteiger partial charge on any atom is 0.514 e. The summed E-state index contributed by atoms with van der Waals surface area (Å²) in [4.78, 5) is 15.3. The third-order valence-corrected chi connectivity index (χ3v) is 3.38. The summed E-state index contributed by atoms with van der Waals surface area (Å²) in [5.41, 5.74) is 0.441. The van der Waals surface area contributed by atoms with Gasteiger partial charge in [-0.1, -0.05) is 6.92 Å². The Balaban J connectivity index is 2.39. The lowest BCUT2D eigenvalue weighted by atomic mass is 10.2. The van der Waals surface area contributed by atoms with Gasteiger partial charge in [-0.25, -0.2) is 14.2 Å². The first-order valence-corrected chi connectivity index (χ1v) is 7.11. The number of hydrogen-bond acceptors (Lipinski definition) is 5. The van der Waals surface area contributed by atoms with Crippen molar-refractivity contribution in [3.05, 3.63) is 30.1 Å². The molecule has 0 spiro atoms. The Morgan fingerprint density at radius 3 is 2.86 bits per heavy atom. The number of ether oxygens (including phenoxy) is 3. The molecule has 0 aliphatic heterocycles. The molecule has 1 atom stereocenters. The van der Waals surface area contributed by atoms with Crippen molar-refractivity contribution in [2.45, 2.75) is 6.92 Å². The maximum atomic E-state index is 13.4. The molecule has 7 heteroatoms. The van der Waals surface area contributed by atoms with Gasteiger partial charge in [-0.05, 0) is 18.2 Å². The zero-order valence-electron chi connectivity index (χ0n) is 12.1. The lowest BCUT2D eigenvalue weighted by molar-refractivity contribution is 0.119. The zero-order chi connectivity index (χ0) is 16.1. The van der Waals surface area contributed by atoms with E-state index in [1.807, 2.05) is 6.92 Å². The van der Waals surface area contributed by atoms with E-state index in [9.17, 15) is 9.18 Å². The summed E-state index contributed by atoms with van der Waals surface area (Å²) in [6, 6.07) is 5.47. The first-order chi connectivity index (χ1) is 10.5. The van der Waals surface area contributed by atoms with Crippen molar-refractivity contribution in [1.29, 1.82) is 0 Å². The average Bonchev–Trinajstić information content (AvgIpc) is 2.52. The van der Waals surface area contributed by atoms with Crippen LogP contribution in [0.1, 0.15) is 6.92 Å². The van der Waals surface area contributed by atoms with E-state index in [-0.39, 0.29) is 11.8 Å². The number of benzene rings is 1. The predicted octanol–water partition coefficient (Wildman–Crippen LogP) is 3.77. The second-order valence-corrected chi connectivity index (χ2v) is 5.06. The van der Waals surface area contributed by atoms with Crippen LogP contribution in [-0.4, -0.2) is 30.7 Å². The van der Waals surface area contributed by atoms with Gasteiger partial charge < -0.3 is 14.2 Å². The van der Waals surface area contributed by atoms with Crippen molar-refractivity contribution in [3.8, 4) is 11.6 Å².